The molecule has 0 saturated carbocycles. The summed E-state index contributed by atoms with van der Waals surface area (Å²) in [5.74, 6) is 1.83. The Kier molecular flexibility index (Phi) is 4.03. The summed E-state index contributed by atoms with van der Waals surface area (Å²) >= 11 is 0. The van der Waals surface area contributed by atoms with Crippen molar-refractivity contribution >= 4 is 0 Å². The van der Waals surface area contributed by atoms with Crippen LogP contribution >= 0.6 is 0 Å². The lowest BCUT2D eigenvalue weighted by Crippen LogP contribution is -2.18. The molecule has 3 rings (SSSR count). The van der Waals surface area contributed by atoms with E-state index in [1.54, 1.807) is 0 Å². The van der Waals surface area contributed by atoms with Crippen LogP contribution in [0.1, 0.15) is 24.0 Å². The maximum absolute atomic E-state index is 5.95. The Morgan fingerprint density at radius 2 is 1.65 bits per heavy atom. The number of rotatable bonds is 4. The van der Waals surface area contributed by atoms with Crippen molar-refractivity contribution in [3.05, 3.63) is 59.7 Å². The van der Waals surface area contributed by atoms with Gasteiger partial charge in [-0.1, -0.05) is 24.3 Å². The highest BCUT2D eigenvalue weighted by Crippen LogP contribution is 2.24. The first-order chi connectivity index (χ1) is 9.79. The minimum Gasteiger partial charge on any atom is -0.457 e. The summed E-state index contributed by atoms with van der Waals surface area (Å²) in [5.41, 5.74) is 2.55. The molecular weight excluding hydrogens is 246 g/mol. The van der Waals surface area contributed by atoms with Crippen molar-refractivity contribution in [1.82, 2.24) is 4.90 Å². The molecule has 2 heteroatoms. The molecule has 20 heavy (non-hydrogen) atoms. The summed E-state index contributed by atoms with van der Waals surface area (Å²) in [6, 6.07) is 16.6. The standard InChI is InChI=1S/C18H21NO/c1-15-6-4-8-17(12-15)20-18-9-5-7-16(13-18)14-19-10-2-3-11-19/h4-9,12-13H,2-3,10-11,14H2,1H3. The van der Waals surface area contributed by atoms with E-state index >= 15 is 0 Å². The van der Waals surface area contributed by atoms with Gasteiger partial charge in [0, 0.05) is 6.54 Å². The number of aryl methyl sites for hydroxylation is 1. The largest absolute Gasteiger partial charge is 0.457 e. The van der Waals surface area contributed by atoms with E-state index in [9.17, 15) is 0 Å². The Bertz CT molecular complexity index is 573. The van der Waals surface area contributed by atoms with Gasteiger partial charge < -0.3 is 4.74 Å². The molecule has 0 bridgehead atoms. The van der Waals surface area contributed by atoms with E-state index in [1.165, 1.54) is 37.1 Å². The van der Waals surface area contributed by atoms with Gasteiger partial charge in [0.05, 0.1) is 0 Å². The van der Waals surface area contributed by atoms with Crippen molar-refractivity contribution in [2.45, 2.75) is 26.3 Å². The third-order valence-corrected chi connectivity index (χ3v) is 3.73. The summed E-state index contributed by atoms with van der Waals surface area (Å²) in [5, 5.41) is 0. The second-order valence-corrected chi connectivity index (χ2v) is 5.55. The van der Waals surface area contributed by atoms with Gasteiger partial charge in [-0.2, -0.15) is 0 Å². The monoisotopic (exact) mass is 267 g/mol. The van der Waals surface area contributed by atoms with Crippen molar-refractivity contribution in [3.63, 3.8) is 0 Å². The van der Waals surface area contributed by atoms with Gasteiger partial charge >= 0.3 is 0 Å². The lowest BCUT2D eigenvalue weighted by molar-refractivity contribution is 0.331. The van der Waals surface area contributed by atoms with Gasteiger partial charge in [0.1, 0.15) is 11.5 Å². The summed E-state index contributed by atoms with van der Waals surface area (Å²) in [4.78, 5) is 2.51. The molecule has 2 nitrogen and oxygen atoms in total. The third kappa shape index (κ3) is 3.40. The molecule has 0 radical (unpaired) electrons. The van der Waals surface area contributed by atoms with E-state index in [4.69, 9.17) is 4.74 Å². The molecule has 0 amide bonds. The topological polar surface area (TPSA) is 12.5 Å². The number of likely N-dealkylation sites (tertiary alicyclic amines) is 1. The molecule has 1 heterocycles. The predicted octanol–water partition coefficient (Wildman–Crippen LogP) is 4.38. The molecule has 0 spiro atoms. The Balaban J connectivity index is 1.70. The number of ether oxygens (including phenoxy) is 1. The number of hydrogen-bond donors (Lipinski definition) is 0. The van der Waals surface area contributed by atoms with Gasteiger partial charge in [-0.05, 0) is 68.2 Å². The van der Waals surface area contributed by atoms with Gasteiger partial charge in [-0.25, -0.2) is 0 Å². The predicted molar refractivity (Wildman–Crippen MR) is 82.2 cm³/mol. The molecule has 104 valence electrons. The molecule has 2 aromatic carbocycles. The SMILES string of the molecule is Cc1cccc(Oc2cccc(CN3CCCC3)c2)c1. The van der Waals surface area contributed by atoms with Gasteiger partial charge in [0.15, 0.2) is 0 Å². The lowest BCUT2D eigenvalue weighted by Gasteiger charge is -2.15. The van der Waals surface area contributed by atoms with Crippen molar-refractivity contribution in [2.75, 3.05) is 13.1 Å². The smallest absolute Gasteiger partial charge is 0.127 e. The van der Waals surface area contributed by atoms with E-state index in [0.29, 0.717) is 0 Å². The Morgan fingerprint density at radius 1 is 0.950 bits per heavy atom. The van der Waals surface area contributed by atoms with Gasteiger partial charge in [-0.15, -0.1) is 0 Å². The van der Waals surface area contributed by atoms with Crippen LogP contribution in [0.3, 0.4) is 0 Å². The molecule has 1 fully saturated rings. The number of hydrogen-bond acceptors (Lipinski definition) is 2. The van der Waals surface area contributed by atoms with Crippen molar-refractivity contribution < 1.29 is 4.74 Å². The van der Waals surface area contributed by atoms with E-state index in [-0.39, 0.29) is 0 Å². The highest BCUT2D eigenvalue weighted by molar-refractivity contribution is 5.35. The second-order valence-electron chi connectivity index (χ2n) is 5.55. The van der Waals surface area contributed by atoms with Gasteiger partial charge in [0.2, 0.25) is 0 Å². The zero-order valence-corrected chi connectivity index (χ0v) is 12.0. The van der Waals surface area contributed by atoms with Gasteiger partial charge in [-0.3, -0.25) is 4.90 Å². The zero-order chi connectivity index (χ0) is 13.8. The van der Waals surface area contributed by atoms with Crippen LogP contribution in [0, 0.1) is 6.92 Å². The van der Waals surface area contributed by atoms with Crippen LogP contribution in [0.2, 0.25) is 0 Å². The normalized spacial score (nSPS) is 15.4. The molecular formula is C18H21NO. The maximum Gasteiger partial charge on any atom is 0.127 e. The maximum atomic E-state index is 5.95. The minimum absolute atomic E-state index is 0.906. The Hall–Kier alpha value is -1.80. The summed E-state index contributed by atoms with van der Waals surface area (Å²) in [6.07, 6.45) is 2.67. The molecule has 0 aliphatic carbocycles. The van der Waals surface area contributed by atoms with Crippen LogP contribution in [0.15, 0.2) is 48.5 Å². The van der Waals surface area contributed by atoms with Crippen LogP contribution in [0.5, 0.6) is 11.5 Å². The summed E-state index contributed by atoms with van der Waals surface area (Å²) < 4.78 is 5.95. The van der Waals surface area contributed by atoms with E-state index < -0.39 is 0 Å². The van der Waals surface area contributed by atoms with E-state index in [2.05, 4.69) is 42.2 Å². The van der Waals surface area contributed by atoms with Crippen molar-refractivity contribution in [2.24, 2.45) is 0 Å². The molecule has 0 aromatic heterocycles. The lowest BCUT2D eigenvalue weighted by atomic mass is 10.2. The quantitative estimate of drug-likeness (QED) is 0.815. The van der Waals surface area contributed by atoms with Crippen LogP contribution in [-0.2, 0) is 6.54 Å². The average Bonchev–Trinajstić information content (AvgIpc) is 2.92. The van der Waals surface area contributed by atoms with E-state index in [1.807, 2.05) is 18.2 Å². The second kappa shape index (κ2) is 6.10. The first kappa shape index (κ1) is 13.2. The Morgan fingerprint density at radius 3 is 2.40 bits per heavy atom. The fraction of sp³-hybridized carbons (Fsp3) is 0.333. The fourth-order valence-electron chi connectivity index (χ4n) is 2.72. The highest BCUT2D eigenvalue weighted by atomic mass is 16.5. The molecule has 0 N–H and O–H groups in total. The number of nitrogens with zero attached hydrogens (tertiary/aromatic N) is 1. The number of benzene rings is 2. The van der Waals surface area contributed by atoms with Gasteiger partial charge in [0.25, 0.3) is 0 Å². The van der Waals surface area contributed by atoms with Crippen LogP contribution in [0.25, 0.3) is 0 Å². The van der Waals surface area contributed by atoms with Crippen LogP contribution in [-0.4, -0.2) is 18.0 Å². The first-order valence-electron chi connectivity index (χ1n) is 7.35. The summed E-state index contributed by atoms with van der Waals surface area (Å²) in [7, 11) is 0. The molecule has 2 aromatic rings. The first-order valence-corrected chi connectivity index (χ1v) is 7.35. The Labute approximate surface area is 121 Å². The minimum atomic E-state index is 0.906. The molecule has 1 aliphatic rings. The molecule has 1 saturated heterocycles. The average molecular weight is 267 g/mol. The molecule has 1 aliphatic heterocycles. The van der Waals surface area contributed by atoms with Crippen molar-refractivity contribution in [1.29, 1.82) is 0 Å². The summed E-state index contributed by atoms with van der Waals surface area (Å²) in [6.45, 7) is 5.56. The molecule has 0 unspecified atom stereocenters. The highest BCUT2D eigenvalue weighted by Gasteiger charge is 2.11. The zero-order valence-electron chi connectivity index (χ0n) is 12.0. The fourth-order valence-corrected chi connectivity index (χ4v) is 2.72. The van der Waals surface area contributed by atoms with Crippen LogP contribution < -0.4 is 4.74 Å². The third-order valence-electron chi connectivity index (χ3n) is 3.73. The van der Waals surface area contributed by atoms with Crippen LogP contribution in [0.4, 0.5) is 0 Å². The molecule has 0 atom stereocenters. The van der Waals surface area contributed by atoms with E-state index in [0.717, 1.165) is 18.0 Å². The van der Waals surface area contributed by atoms with Crippen molar-refractivity contribution in [3.8, 4) is 11.5 Å².